The van der Waals surface area contributed by atoms with Crippen molar-refractivity contribution in [1.82, 2.24) is 10.2 Å². The molecule has 0 spiro atoms. The third-order valence-electron chi connectivity index (χ3n) is 4.90. The number of rotatable bonds is 5. The second-order valence-corrected chi connectivity index (χ2v) is 6.68. The predicted octanol–water partition coefficient (Wildman–Crippen LogP) is 2.34. The first-order valence-corrected chi connectivity index (χ1v) is 8.78. The summed E-state index contributed by atoms with van der Waals surface area (Å²) in [4.78, 5) is 28.4. The molecule has 2 fully saturated rings. The van der Waals surface area contributed by atoms with E-state index in [-0.39, 0.29) is 48.9 Å². The number of hydrogen-bond acceptors (Lipinski definition) is 3. The Balaban J connectivity index is 0.00000243. The van der Waals surface area contributed by atoms with E-state index in [4.69, 9.17) is 0 Å². The maximum Gasteiger partial charge on any atom is 0.228 e. The molecule has 2 saturated heterocycles. The van der Waals surface area contributed by atoms with Crippen molar-refractivity contribution in [1.29, 1.82) is 0 Å². The summed E-state index contributed by atoms with van der Waals surface area (Å²) in [6, 6.07) is 3.28. The van der Waals surface area contributed by atoms with Gasteiger partial charge in [0.2, 0.25) is 11.8 Å². The summed E-state index contributed by atoms with van der Waals surface area (Å²) in [5.74, 6) is -2.31. The molecular formula is C18H24ClF2N3O2. The van der Waals surface area contributed by atoms with Gasteiger partial charge in [0, 0.05) is 38.2 Å². The largest absolute Gasteiger partial charge is 0.338 e. The summed E-state index contributed by atoms with van der Waals surface area (Å²) >= 11 is 0. The standard InChI is InChI=1S/C18H23F2N3O2.ClH/c1-2-7-22(14-5-6-21-10-14)18(25)12-8-17(24)23(11-12)16-4-3-13(19)9-15(16)20;/h3-4,9,12,14,21H,2,5-8,10-11H2,1H3;1H. The molecule has 0 radical (unpaired) electrons. The van der Waals surface area contributed by atoms with Crippen molar-refractivity contribution >= 4 is 29.9 Å². The van der Waals surface area contributed by atoms with E-state index in [0.717, 1.165) is 38.1 Å². The lowest BCUT2D eigenvalue weighted by atomic mass is 10.0. The smallest absolute Gasteiger partial charge is 0.228 e. The van der Waals surface area contributed by atoms with Crippen LogP contribution in [0.2, 0.25) is 0 Å². The van der Waals surface area contributed by atoms with Gasteiger partial charge in [-0.3, -0.25) is 9.59 Å². The Labute approximate surface area is 158 Å². The first-order chi connectivity index (χ1) is 12.0. The van der Waals surface area contributed by atoms with E-state index >= 15 is 0 Å². The average molecular weight is 388 g/mol. The molecular weight excluding hydrogens is 364 g/mol. The summed E-state index contributed by atoms with van der Waals surface area (Å²) in [7, 11) is 0. The lowest BCUT2D eigenvalue weighted by Gasteiger charge is -2.30. The minimum atomic E-state index is -0.785. The molecule has 0 saturated carbocycles. The molecule has 2 amide bonds. The van der Waals surface area contributed by atoms with Crippen LogP contribution in [0.1, 0.15) is 26.2 Å². The topological polar surface area (TPSA) is 52.7 Å². The quantitative estimate of drug-likeness (QED) is 0.843. The predicted molar refractivity (Wildman–Crippen MR) is 97.3 cm³/mol. The lowest BCUT2D eigenvalue weighted by molar-refractivity contribution is -0.137. The number of nitrogens with zero attached hydrogens (tertiary/aromatic N) is 2. The van der Waals surface area contributed by atoms with Gasteiger partial charge in [-0.25, -0.2) is 8.78 Å². The second-order valence-electron chi connectivity index (χ2n) is 6.68. The van der Waals surface area contributed by atoms with Gasteiger partial charge in [0.15, 0.2) is 0 Å². The fourth-order valence-corrected chi connectivity index (χ4v) is 3.66. The number of benzene rings is 1. The number of halogens is 3. The third-order valence-corrected chi connectivity index (χ3v) is 4.90. The third kappa shape index (κ3) is 4.15. The van der Waals surface area contributed by atoms with E-state index in [2.05, 4.69) is 5.32 Å². The number of nitrogens with one attached hydrogen (secondary N) is 1. The van der Waals surface area contributed by atoms with Crippen LogP contribution in [-0.2, 0) is 9.59 Å². The van der Waals surface area contributed by atoms with E-state index in [1.165, 1.54) is 11.0 Å². The van der Waals surface area contributed by atoms with Crippen molar-refractivity contribution in [3.63, 3.8) is 0 Å². The van der Waals surface area contributed by atoms with Crippen LogP contribution in [0.4, 0.5) is 14.5 Å². The van der Waals surface area contributed by atoms with Crippen LogP contribution in [-0.4, -0.2) is 48.9 Å². The highest BCUT2D eigenvalue weighted by atomic mass is 35.5. The normalized spacial score (nSPS) is 22.4. The molecule has 0 aromatic heterocycles. The van der Waals surface area contributed by atoms with Crippen molar-refractivity contribution in [2.24, 2.45) is 5.92 Å². The first-order valence-electron chi connectivity index (χ1n) is 8.78. The van der Waals surface area contributed by atoms with Gasteiger partial charge in [0.05, 0.1) is 11.6 Å². The molecule has 2 heterocycles. The minimum absolute atomic E-state index is 0. The van der Waals surface area contributed by atoms with E-state index < -0.39 is 17.6 Å². The molecule has 2 atom stereocenters. The summed E-state index contributed by atoms with van der Waals surface area (Å²) in [5.41, 5.74) is 0.0336. The Morgan fingerprint density at radius 1 is 1.38 bits per heavy atom. The van der Waals surface area contributed by atoms with Gasteiger partial charge in [-0.2, -0.15) is 0 Å². The van der Waals surface area contributed by atoms with Crippen molar-refractivity contribution in [2.75, 3.05) is 31.1 Å². The molecule has 3 rings (SSSR count). The molecule has 0 bridgehead atoms. The maximum absolute atomic E-state index is 14.0. The molecule has 1 aromatic rings. The van der Waals surface area contributed by atoms with E-state index in [1.54, 1.807) is 0 Å². The van der Waals surface area contributed by atoms with Gasteiger partial charge >= 0.3 is 0 Å². The summed E-state index contributed by atoms with van der Waals surface area (Å²) in [6.45, 7) is 4.46. The van der Waals surface area contributed by atoms with Crippen LogP contribution < -0.4 is 10.2 Å². The molecule has 2 aliphatic heterocycles. The van der Waals surface area contributed by atoms with Crippen LogP contribution in [0.3, 0.4) is 0 Å². The fraction of sp³-hybridized carbons (Fsp3) is 0.556. The maximum atomic E-state index is 14.0. The number of hydrogen-bond donors (Lipinski definition) is 1. The Hall–Kier alpha value is -1.73. The zero-order valence-electron chi connectivity index (χ0n) is 14.7. The second kappa shape index (κ2) is 8.77. The zero-order chi connectivity index (χ0) is 18.0. The van der Waals surface area contributed by atoms with Gasteiger partial charge in [-0.15, -0.1) is 12.4 Å². The summed E-state index contributed by atoms with van der Waals surface area (Å²) in [6.07, 6.45) is 1.82. The highest BCUT2D eigenvalue weighted by Gasteiger charge is 2.39. The van der Waals surface area contributed by atoms with Crippen LogP contribution >= 0.6 is 12.4 Å². The number of carbonyl (C=O) groups is 2. The SMILES string of the molecule is CCCN(C(=O)C1CC(=O)N(c2ccc(F)cc2F)C1)C1CCNC1.Cl. The van der Waals surface area contributed by atoms with E-state index in [0.29, 0.717) is 6.54 Å². The van der Waals surface area contributed by atoms with Crippen LogP contribution in [0, 0.1) is 17.6 Å². The van der Waals surface area contributed by atoms with Crippen LogP contribution in [0.25, 0.3) is 0 Å². The molecule has 144 valence electrons. The van der Waals surface area contributed by atoms with Crippen LogP contribution in [0.15, 0.2) is 18.2 Å². The van der Waals surface area contributed by atoms with Crippen molar-refractivity contribution in [3.8, 4) is 0 Å². The number of anilines is 1. The van der Waals surface area contributed by atoms with Gasteiger partial charge in [-0.1, -0.05) is 6.92 Å². The summed E-state index contributed by atoms with van der Waals surface area (Å²) < 4.78 is 27.1. The highest BCUT2D eigenvalue weighted by Crippen LogP contribution is 2.29. The van der Waals surface area contributed by atoms with Crippen molar-refractivity contribution < 1.29 is 18.4 Å². The minimum Gasteiger partial charge on any atom is -0.338 e. The first kappa shape index (κ1) is 20.6. The molecule has 2 aliphatic rings. The number of amides is 2. The van der Waals surface area contributed by atoms with Crippen LogP contribution in [0.5, 0.6) is 0 Å². The Morgan fingerprint density at radius 2 is 2.15 bits per heavy atom. The molecule has 8 heteroatoms. The molecule has 1 aromatic carbocycles. The highest BCUT2D eigenvalue weighted by molar-refractivity contribution is 6.00. The summed E-state index contributed by atoms with van der Waals surface area (Å²) in [5, 5.41) is 3.26. The number of carbonyl (C=O) groups excluding carboxylic acids is 2. The molecule has 5 nitrogen and oxygen atoms in total. The molecule has 0 aliphatic carbocycles. The lowest BCUT2D eigenvalue weighted by Crippen LogP contribution is -2.45. The van der Waals surface area contributed by atoms with E-state index in [9.17, 15) is 18.4 Å². The fourth-order valence-electron chi connectivity index (χ4n) is 3.66. The van der Waals surface area contributed by atoms with Gasteiger partial charge in [-0.05, 0) is 31.5 Å². The van der Waals surface area contributed by atoms with Gasteiger partial charge in [0.25, 0.3) is 0 Å². The van der Waals surface area contributed by atoms with Crippen molar-refractivity contribution in [3.05, 3.63) is 29.8 Å². The van der Waals surface area contributed by atoms with Gasteiger partial charge < -0.3 is 15.1 Å². The molecule has 1 N–H and O–H groups in total. The Kier molecular flexibility index (Phi) is 6.94. The molecule has 2 unspecified atom stereocenters. The molecule has 26 heavy (non-hydrogen) atoms. The van der Waals surface area contributed by atoms with Gasteiger partial charge in [0.1, 0.15) is 11.6 Å². The average Bonchev–Trinajstić information content (AvgIpc) is 3.22. The van der Waals surface area contributed by atoms with E-state index in [1.807, 2.05) is 11.8 Å². The Bertz CT molecular complexity index is 668. The zero-order valence-corrected chi connectivity index (χ0v) is 15.5. The van der Waals surface area contributed by atoms with Crippen molar-refractivity contribution in [2.45, 2.75) is 32.2 Å². The Morgan fingerprint density at radius 3 is 2.77 bits per heavy atom. The monoisotopic (exact) mass is 387 g/mol.